The van der Waals surface area contributed by atoms with Gasteiger partial charge in [0.05, 0.1) is 124 Å². The van der Waals surface area contributed by atoms with E-state index in [0.717, 1.165) is 95.8 Å². The number of fused-ring (bicyclic) bond motifs is 6. The van der Waals surface area contributed by atoms with Gasteiger partial charge in [-0.25, -0.2) is 69.6 Å². The minimum Gasteiger partial charge on any atom is -0.309 e. The summed E-state index contributed by atoms with van der Waals surface area (Å²) in [5, 5.41) is 82.0. The van der Waals surface area contributed by atoms with Crippen LogP contribution in [0.4, 0.5) is 48.1 Å². The summed E-state index contributed by atoms with van der Waals surface area (Å²) in [7, 11) is 2.82. The summed E-state index contributed by atoms with van der Waals surface area (Å²) in [6, 6.07) is 43.4. The Kier molecular flexibility index (Phi) is 38.1. The average Bonchev–Trinajstić information content (AvgIpc) is 1.64. The molecule has 6 aliphatic rings. The Bertz CT molecular complexity index is 5730. The largest absolute Gasteiger partial charge is 0.309 e. The number of nitrogens with one attached hydrogen (secondary N) is 3. The minimum absolute atomic E-state index is 0.163. The molecule has 18 rings (SSSR count). The van der Waals surface area contributed by atoms with Crippen LogP contribution >= 0.6 is 28.7 Å². The zero-order valence-corrected chi connectivity index (χ0v) is 76.2. The Labute approximate surface area is 768 Å². The molecule has 6 aromatic heterocycles. The van der Waals surface area contributed by atoms with Crippen LogP contribution in [-0.2, 0) is 97.5 Å². The maximum absolute atomic E-state index is 13.1. The van der Waals surface area contributed by atoms with E-state index in [4.69, 9.17) is 29.5 Å². The van der Waals surface area contributed by atoms with Gasteiger partial charge in [-0.05, 0) is 193 Å². The fourth-order valence-electron chi connectivity index (χ4n) is 12.6. The van der Waals surface area contributed by atoms with Crippen LogP contribution in [0.15, 0.2) is 184 Å². The van der Waals surface area contributed by atoms with Crippen molar-refractivity contribution in [3.05, 3.63) is 232 Å². The second kappa shape index (κ2) is 49.3. The molecule has 0 saturated heterocycles. The molecule has 1 radical (unpaired) electrons. The number of hydrogen-bond acceptors (Lipinski definition) is 28. The van der Waals surface area contributed by atoms with Gasteiger partial charge in [0, 0.05) is 81.7 Å². The van der Waals surface area contributed by atoms with Crippen LogP contribution in [-0.4, -0.2) is 221 Å². The monoisotopic (exact) mass is 1880 g/mol. The van der Waals surface area contributed by atoms with E-state index in [1.807, 2.05) is 120 Å². The number of amides is 5. The molecule has 6 aliphatic heterocycles. The van der Waals surface area contributed by atoms with Gasteiger partial charge in [-0.1, -0.05) is 79.8 Å². The molecule has 0 fully saturated rings. The van der Waals surface area contributed by atoms with Gasteiger partial charge in [-0.15, -0.1) is 30.6 Å². The van der Waals surface area contributed by atoms with Crippen molar-refractivity contribution >= 4 is 90.7 Å². The number of nitrogens with zero attached hydrogens (tertiary/aromatic N) is 25. The van der Waals surface area contributed by atoms with Crippen LogP contribution in [0, 0.1) is 34.6 Å². The van der Waals surface area contributed by atoms with E-state index in [-0.39, 0.29) is 47.6 Å². The molecule has 0 aliphatic carbocycles. The Hall–Kier alpha value is -13.6. The number of nitriles is 1. The number of carbonyl (C=O) groups is 4. The summed E-state index contributed by atoms with van der Waals surface area (Å²) < 4.78 is 81.7. The number of urea groups is 1. The number of ether oxygens (including phenoxy) is 3. The molecule has 6 aromatic carbocycles. The summed E-state index contributed by atoms with van der Waals surface area (Å²) in [4.78, 5) is 68.2. The molecule has 12 heterocycles. The minimum atomic E-state index is -1.51. The molecule has 0 saturated carbocycles. The number of para-hydroxylation sites is 2. The van der Waals surface area contributed by atoms with Gasteiger partial charge in [0.25, 0.3) is 0 Å². The molecule has 0 bridgehead atoms. The maximum atomic E-state index is 13.1. The SMILES string of the molecule is CC#N.CC(C)(C)OC(=O)N1CCn2nnc(-c3ccc(F)cc3)c2C1.CC(C)(C)OC(=O)N1CCn2nnc(Br)c2C1.CC(C)(C)OC(=O)N1CCn2nncc2C1.Fc1ccc(-c2nnn3c2CNCC3)cc1.O=C(Nc1ccccc1)N1CCn2nnc(-c3ccc(F)cc3)c2C1.O=C=Nc1ccccc1.OB(O)c1ccc(F)cc1.[B]=NS.c1nnn2c1CNCC2. The van der Waals surface area contributed by atoms with Crippen molar-refractivity contribution in [3.63, 3.8) is 0 Å². The Morgan fingerprint density at radius 2 is 0.832 bits per heavy atom. The molecular formula is C85H100B2BrF4N28O10S. The third-order valence-corrected chi connectivity index (χ3v) is 19.3. The summed E-state index contributed by atoms with van der Waals surface area (Å²) in [5.41, 5.74) is 10.7. The van der Waals surface area contributed by atoms with Crippen LogP contribution < -0.4 is 21.4 Å². The molecule has 687 valence electrons. The van der Waals surface area contributed by atoms with Gasteiger partial charge in [0.15, 0.2) is 4.60 Å². The van der Waals surface area contributed by atoms with E-state index in [9.17, 15) is 41.5 Å². The Morgan fingerprint density at radius 3 is 1.27 bits per heavy atom. The molecule has 38 nitrogen and oxygen atoms in total. The maximum Gasteiger partial charge on any atom is 0.0738 e. The van der Waals surface area contributed by atoms with Gasteiger partial charge in [-0.2, -0.15) is 10.3 Å². The Morgan fingerprint density at radius 1 is 0.481 bits per heavy atom. The van der Waals surface area contributed by atoms with Crippen LogP contribution in [0.25, 0.3) is 33.8 Å². The summed E-state index contributed by atoms with van der Waals surface area (Å²) in [6.45, 7) is 30.0. The van der Waals surface area contributed by atoms with E-state index in [2.05, 4.69) is 123 Å². The van der Waals surface area contributed by atoms with Crippen LogP contribution in [0.2, 0.25) is 0 Å². The molecule has 0 atom stereocenters. The Balaban J connectivity index is 0.000000171. The molecule has 5 amide bonds. The summed E-state index contributed by atoms with van der Waals surface area (Å²) >= 11 is 6.51. The first-order valence-corrected chi connectivity index (χ1v) is 42.3. The van der Waals surface area contributed by atoms with Crippen LogP contribution in [0.3, 0.4) is 0 Å². The van der Waals surface area contributed by atoms with Crippen molar-refractivity contribution in [2.75, 3.05) is 44.6 Å². The predicted octanol–water partition coefficient (Wildman–Crippen LogP) is 11.2. The number of isocyanates is 1. The number of halogens is 5. The quantitative estimate of drug-likeness (QED) is 0.0225. The summed E-state index contributed by atoms with van der Waals surface area (Å²) in [5.74, 6) is -1.22. The van der Waals surface area contributed by atoms with Gasteiger partial charge in [-0.3, -0.25) is 0 Å². The van der Waals surface area contributed by atoms with Gasteiger partial charge < -0.3 is 59.8 Å². The van der Waals surface area contributed by atoms with Crippen molar-refractivity contribution in [1.29, 1.82) is 5.26 Å². The first-order valence-electron chi connectivity index (χ1n) is 41.1. The van der Waals surface area contributed by atoms with Crippen LogP contribution in [0.5, 0.6) is 0 Å². The second-order valence-electron chi connectivity index (χ2n) is 31.9. The van der Waals surface area contributed by atoms with E-state index in [1.54, 1.807) is 105 Å². The first-order chi connectivity index (χ1) is 62.6. The van der Waals surface area contributed by atoms with Gasteiger partial charge in [0.1, 0.15) is 57.2 Å². The standard InChI is InChI=1S/C18H16FN5O.C16H19FN4O2.C11H11FN4.C10H15BrN4O2.C10H16N4O2.C7H5NO.C6H6BFO2.C5H8N4.C2H3N.BHNS/c19-14-8-6-13(7-9-14)17-16-12-23(10-11-24(16)22-21-17)18(25)20-15-4-2-1-3-5-15;1-16(2,3)23-15(22)20-8-9-21-13(10-20)14(18-19-21)11-4-6-12(17)7-5-11;12-9-3-1-8(2-4-9)11-10-7-13-5-6-16(10)15-14-11;1-10(2,3)17-9(16)14-4-5-15-7(6-14)8(11)12-13-15;1-10(2,3)16-9(15)13-4-5-14-8(7-13)6-11-12-14;9-6-8-7-4-2-1-3-5-7;8-6-3-1-5(2-4-6)7(9)10;1-2-9-5(3-6-1)4-7-8-9;2*1-2-3/h1-9H,10-12H2,(H,20,25);4-7H,8-10H2,1-3H3;1-4,13H,5-7H2;4-6H2,1-3H3;6H,4-5,7H2,1-3H3;1-5H;1-4,9-10H;4,6H,1-3H2;1H3;3H. The van der Waals surface area contributed by atoms with Crippen molar-refractivity contribution in [3.8, 4) is 39.8 Å². The number of hydrogen-bond donors (Lipinski definition) is 6. The fraction of sp³-hybridized carbons (Fsp3) is 0.365. The zero-order valence-electron chi connectivity index (χ0n) is 73.7. The molecule has 5 N–H and O–H groups in total. The van der Waals surface area contributed by atoms with Gasteiger partial charge in [0.2, 0.25) is 6.08 Å². The molecule has 0 spiro atoms. The number of carbonyl (C=O) groups excluding carboxylic acids is 5. The number of aliphatic imine (C=N–C) groups is 1. The summed E-state index contributed by atoms with van der Waals surface area (Å²) in [6.07, 6.45) is 4.01. The number of aromatic nitrogens is 18. The number of thiol groups is 1. The van der Waals surface area contributed by atoms with Gasteiger partial charge >= 0.3 is 56.2 Å². The van der Waals surface area contributed by atoms with E-state index in [1.165, 1.54) is 79.4 Å². The topological polar surface area (TPSA) is 435 Å². The fourth-order valence-corrected chi connectivity index (χ4v) is 13.0. The van der Waals surface area contributed by atoms with Crippen molar-refractivity contribution in [2.24, 2.45) is 9.29 Å². The number of rotatable bonds is 6. The molecule has 46 heteroatoms. The smallest absolute Gasteiger partial charge is 0.0738 e. The normalized spacial score (nSPS) is 13.5. The van der Waals surface area contributed by atoms with Crippen molar-refractivity contribution in [1.82, 2.24) is 120 Å². The van der Waals surface area contributed by atoms with E-state index < -0.39 is 23.9 Å². The first kappa shape index (κ1) is 101. The van der Waals surface area contributed by atoms with Crippen molar-refractivity contribution < 1.29 is 65.8 Å². The number of benzene rings is 6. The van der Waals surface area contributed by atoms with E-state index >= 15 is 0 Å². The molecule has 12 aromatic rings. The molecule has 0 unspecified atom stereocenters. The third kappa shape index (κ3) is 32.0. The second-order valence-corrected chi connectivity index (χ2v) is 32.9. The van der Waals surface area contributed by atoms with Crippen molar-refractivity contribution in [2.45, 2.75) is 165 Å². The molecule has 131 heavy (non-hydrogen) atoms. The number of anilines is 1. The average molecular weight is 1880 g/mol. The third-order valence-electron chi connectivity index (χ3n) is 18.7. The zero-order chi connectivity index (χ0) is 94.8. The predicted molar refractivity (Wildman–Crippen MR) is 482 cm³/mol. The molecular weight excluding hydrogens is 1780 g/mol. The van der Waals surface area contributed by atoms with Crippen LogP contribution in [0.1, 0.15) is 103 Å². The van der Waals surface area contributed by atoms with E-state index in [0.29, 0.717) is 106 Å².